The zero-order valence-electron chi connectivity index (χ0n) is 28.8. The number of benzene rings is 6. The Kier molecular flexibility index (Phi) is 8.04. The van der Waals surface area contributed by atoms with E-state index in [4.69, 9.17) is 4.99 Å². The van der Waals surface area contributed by atoms with Gasteiger partial charge in [0.25, 0.3) is 17.7 Å². The van der Waals surface area contributed by atoms with Crippen molar-refractivity contribution in [3.63, 3.8) is 0 Å². The lowest BCUT2D eigenvalue weighted by Crippen LogP contribution is -2.50. The molecule has 9 rings (SSSR count). The number of fused-ring (bicyclic) bond motifs is 2. The summed E-state index contributed by atoms with van der Waals surface area (Å²) < 4.78 is 1.77. The van der Waals surface area contributed by atoms with Gasteiger partial charge in [-0.1, -0.05) is 152 Å². The van der Waals surface area contributed by atoms with Crippen molar-refractivity contribution in [3.05, 3.63) is 215 Å². The lowest BCUT2D eigenvalue weighted by Gasteiger charge is -2.37. The number of rotatable bonds is 8. The van der Waals surface area contributed by atoms with Crippen LogP contribution in [0.1, 0.15) is 54.4 Å². The molecule has 0 bridgehead atoms. The van der Waals surface area contributed by atoms with Gasteiger partial charge in [-0.2, -0.15) is 0 Å². The van der Waals surface area contributed by atoms with Crippen molar-refractivity contribution in [1.29, 1.82) is 0 Å². The smallest absolute Gasteiger partial charge is 0.273 e. The van der Waals surface area contributed by atoms with Crippen LogP contribution in [-0.4, -0.2) is 54.7 Å². The van der Waals surface area contributed by atoms with E-state index < -0.39 is 29.4 Å². The summed E-state index contributed by atoms with van der Waals surface area (Å²) in [4.78, 5) is 50.7. The number of anilines is 1. The van der Waals surface area contributed by atoms with Crippen LogP contribution < -0.4 is 4.90 Å². The van der Waals surface area contributed by atoms with Crippen LogP contribution in [0.5, 0.6) is 0 Å². The van der Waals surface area contributed by atoms with Gasteiger partial charge in [0.2, 0.25) is 6.17 Å². The summed E-state index contributed by atoms with van der Waals surface area (Å²) in [6, 6.07) is 53.4. The molecule has 10 nitrogen and oxygen atoms in total. The number of aliphatic imine (C=N–C) groups is 1. The van der Waals surface area contributed by atoms with Gasteiger partial charge in [-0.15, -0.1) is 5.10 Å². The average molecular weight is 706 g/mol. The van der Waals surface area contributed by atoms with Gasteiger partial charge in [0.1, 0.15) is 5.54 Å². The standard InChI is InChI=1S/C44H31N7O3/c52-41-34-25-13-14-26-35(34)42(53)50(41)40-43(54)49(37-28-16-15-27-36(37)39(45-40)30-17-5-1-6-18-30)29-38-46-47-48-51(38)44(31-19-7-2-8-20-31,32-21-9-3-10-22-32)33-23-11-4-12-24-33/h1-28,40H,29H2. The van der Waals surface area contributed by atoms with Crippen LogP contribution in [0.2, 0.25) is 0 Å². The van der Waals surface area contributed by atoms with Crippen LogP contribution in [0.25, 0.3) is 0 Å². The van der Waals surface area contributed by atoms with Gasteiger partial charge in [-0.05, 0) is 45.3 Å². The van der Waals surface area contributed by atoms with Gasteiger partial charge in [-0.25, -0.2) is 14.6 Å². The molecule has 0 N–H and O–H groups in total. The summed E-state index contributed by atoms with van der Waals surface area (Å²) in [5.74, 6) is -1.39. The number of hydrogen-bond acceptors (Lipinski definition) is 7. The topological polar surface area (TPSA) is 114 Å². The molecule has 54 heavy (non-hydrogen) atoms. The van der Waals surface area contributed by atoms with Crippen molar-refractivity contribution in [1.82, 2.24) is 25.1 Å². The molecule has 3 heterocycles. The molecule has 1 atom stereocenters. The fourth-order valence-corrected chi connectivity index (χ4v) is 7.61. The minimum atomic E-state index is -1.52. The van der Waals surface area contributed by atoms with E-state index in [-0.39, 0.29) is 17.7 Å². The number of carbonyl (C=O) groups is 3. The van der Waals surface area contributed by atoms with Crippen molar-refractivity contribution in [2.24, 2.45) is 4.99 Å². The van der Waals surface area contributed by atoms with E-state index in [0.717, 1.165) is 27.2 Å². The zero-order chi connectivity index (χ0) is 36.6. The second-order valence-corrected chi connectivity index (χ2v) is 13.0. The number of para-hydroxylation sites is 1. The quantitative estimate of drug-likeness (QED) is 0.132. The third-order valence-electron chi connectivity index (χ3n) is 10.0. The summed E-state index contributed by atoms with van der Waals surface area (Å²) in [6.07, 6.45) is -1.52. The van der Waals surface area contributed by atoms with Crippen molar-refractivity contribution in [3.8, 4) is 0 Å². The first-order valence-corrected chi connectivity index (χ1v) is 17.5. The summed E-state index contributed by atoms with van der Waals surface area (Å²) in [7, 11) is 0. The molecule has 260 valence electrons. The van der Waals surface area contributed by atoms with Gasteiger partial charge in [0.05, 0.1) is 29.1 Å². The third-order valence-corrected chi connectivity index (χ3v) is 10.0. The van der Waals surface area contributed by atoms with Crippen molar-refractivity contribution >= 4 is 29.1 Å². The monoisotopic (exact) mass is 705 g/mol. The third kappa shape index (κ3) is 5.15. The Labute approximate surface area is 310 Å². The number of aromatic nitrogens is 4. The molecule has 0 aliphatic carbocycles. The van der Waals surface area contributed by atoms with Crippen LogP contribution in [0.4, 0.5) is 5.69 Å². The van der Waals surface area contributed by atoms with E-state index in [9.17, 15) is 9.59 Å². The fourth-order valence-electron chi connectivity index (χ4n) is 7.61. The zero-order valence-corrected chi connectivity index (χ0v) is 28.8. The maximum absolute atomic E-state index is 15.2. The Bertz CT molecular complexity index is 2420. The minimum absolute atomic E-state index is 0.117. The Balaban J connectivity index is 1.25. The highest BCUT2D eigenvalue weighted by Crippen LogP contribution is 2.41. The molecule has 0 fully saturated rings. The molecule has 3 amide bonds. The fraction of sp³-hybridized carbons (Fsp3) is 0.0682. The van der Waals surface area contributed by atoms with Gasteiger partial charge in [0.15, 0.2) is 5.82 Å². The van der Waals surface area contributed by atoms with Crippen molar-refractivity contribution in [2.75, 3.05) is 4.90 Å². The van der Waals surface area contributed by atoms with E-state index in [1.54, 1.807) is 28.9 Å². The number of benzodiazepines with no additional fused rings is 1. The number of amides is 3. The first-order valence-electron chi connectivity index (χ1n) is 17.5. The van der Waals surface area contributed by atoms with E-state index in [1.165, 1.54) is 4.90 Å². The predicted octanol–water partition coefficient (Wildman–Crippen LogP) is 6.52. The van der Waals surface area contributed by atoms with Crippen LogP contribution >= 0.6 is 0 Å². The molecule has 2 aliphatic heterocycles. The maximum atomic E-state index is 15.2. The minimum Gasteiger partial charge on any atom is -0.301 e. The van der Waals surface area contributed by atoms with Gasteiger partial charge >= 0.3 is 0 Å². The van der Waals surface area contributed by atoms with E-state index in [2.05, 4.69) is 15.5 Å². The van der Waals surface area contributed by atoms with Crippen LogP contribution in [0, 0.1) is 0 Å². The number of carbonyl (C=O) groups excluding carboxylic acids is 3. The lowest BCUT2D eigenvalue weighted by molar-refractivity contribution is -0.122. The van der Waals surface area contributed by atoms with Crippen LogP contribution in [0.15, 0.2) is 175 Å². The molecule has 7 aromatic rings. The van der Waals surface area contributed by atoms with Crippen molar-refractivity contribution in [2.45, 2.75) is 18.2 Å². The lowest BCUT2D eigenvalue weighted by atomic mass is 9.77. The molecule has 1 aromatic heterocycles. The Morgan fingerprint density at radius 1 is 0.537 bits per heavy atom. The molecule has 0 saturated heterocycles. The molecule has 0 spiro atoms. The number of tetrazole rings is 1. The number of nitrogens with zero attached hydrogens (tertiary/aromatic N) is 7. The highest BCUT2D eigenvalue weighted by molar-refractivity contribution is 6.25. The van der Waals surface area contributed by atoms with Gasteiger partial charge in [0, 0.05) is 11.1 Å². The Hall–Kier alpha value is -7.33. The normalized spacial score (nSPS) is 15.4. The molecule has 1 unspecified atom stereocenters. The molecule has 0 radical (unpaired) electrons. The summed E-state index contributed by atoms with van der Waals surface area (Å²) >= 11 is 0. The second kappa shape index (κ2) is 13.3. The van der Waals surface area contributed by atoms with E-state index >= 15 is 4.79 Å². The number of imide groups is 1. The first kappa shape index (κ1) is 32.6. The highest BCUT2D eigenvalue weighted by Gasteiger charge is 2.47. The average Bonchev–Trinajstić information content (AvgIpc) is 3.77. The highest BCUT2D eigenvalue weighted by atomic mass is 16.2. The van der Waals surface area contributed by atoms with Gasteiger partial charge < -0.3 is 4.90 Å². The molecule has 2 aliphatic rings. The van der Waals surface area contributed by atoms with E-state index in [0.29, 0.717) is 22.8 Å². The van der Waals surface area contributed by atoms with Gasteiger partial charge in [-0.3, -0.25) is 14.4 Å². The molecular weight excluding hydrogens is 675 g/mol. The predicted molar refractivity (Wildman–Crippen MR) is 203 cm³/mol. The number of hydrogen-bond donors (Lipinski definition) is 0. The first-order chi connectivity index (χ1) is 26.6. The second-order valence-electron chi connectivity index (χ2n) is 13.0. The maximum Gasteiger partial charge on any atom is 0.273 e. The molecule has 0 saturated carbocycles. The van der Waals surface area contributed by atoms with E-state index in [1.807, 2.05) is 146 Å². The van der Waals surface area contributed by atoms with Crippen LogP contribution in [0.3, 0.4) is 0 Å². The Morgan fingerprint density at radius 2 is 1.00 bits per heavy atom. The largest absolute Gasteiger partial charge is 0.301 e. The summed E-state index contributed by atoms with van der Waals surface area (Å²) in [6.45, 7) is -0.117. The Morgan fingerprint density at radius 3 is 1.54 bits per heavy atom. The summed E-state index contributed by atoms with van der Waals surface area (Å²) in [5, 5.41) is 13.5. The molecule has 6 aromatic carbocycles. The molecular formula is C44H31N7O3. The summed E-state index contributed by atoms with van der Waals surface area (Å²) in [5.41, 5.74) is 4.46. The van der Waals surface area contributed by atoms with Crippen LogP contribution in [-0.2, 0) is 16.9 Å². The molecule has 10 heteroatoms. The van der Waals surface area contributed by atoms with Crippen molar-refractivity contribution < 1.29 is 14.4 Å². The SMILES string of the molecule is O=C1C(N2C(=O)c3ccccc3C2=O)N=C(c2ccccc2)c2ccccc2N1Cc1nnnn1C(c1ccccc1)(c1ccccc1)c1ccccc1.